The van der Waals surface area contributed by atoms with E-state index in [-0.39, 0.29) is 23.9 Å². The summed E-state index contributed by atoms with van der Waals surface area (Å²) in [4.78, 5) is 21.2. The van der Waals surface area contributed by atoms with Crippen LogP contribution < -0.4 is 0 Å². The van der Waals surface area contributed by atoms with Crippen molar-refractivity contribution in [2.75, 3.05) is 0 Å². The zero-order chi connectivity index (χ0) is 16.1. The second-order valence-corrected chi connectivity index (χ2v) is 4.19. The predicted octanol–water partition coefficient (Wildman–Crippen LogP) is 2.36. The molecule has 0 fully saturated rings. The van der Waals surface area contributed by atoms with E-state index in [0.29, 0.717) is 5.56 Å². The summed E-state index contributed by atoms with van der Waals surface area (Å²) in [5.41, 5.74) is 0.487. The molecule has 1 heterocycles. The number of rotatable bonds is 5. The van der Waals surface area contributed by atoms with Crippen molar-refractivity contribution in [1.82, 2.24) is 0 Å². The Bertz CT molecular complexity index is 733. The van der Waals surface area contributed by atoms with Gasteiger partial charge in [0.05, 0.1) is 6.07 Å². The van der Waals surface area contributed by atoms with Crippen LogP contribution in [0.1, 0.15) is 11.3 Å². The Morgan fingerprint density at radius 2 is 2.05 bits per heavy atom. The van der Waals surface area contributed by atoms with Crippen LogP contribution in [0.2, 0.25) is 0 Å². The number of nitro groups is 1. The number of phenolic OH excluding ortho intramolecular Hbond substituents is 2. The molecule has 0 aliphatic rings. The first-order valence-corrected chi connectivity index (χ1v) is 6.05. The van der Waals surface area contributed by atoms with Crippen LogP contribution in [0.4, 0.5) is 5.88 Å². The third kappa shape index (κ3) is 3.85. The lowest BCUT2D eigenvalue weighted by atomic mass is 10.2. The lowest BCUT2D eigenvalue weighted by Crippen LogP contribution is -1.99. The molecule has 0 saturated heterocycles. The maximum Gasteiger partial charge on any atom is 0.433 e. The summed E-state index contributed by atoms with van der Waals surface area (Å²) < 4.78 is 9.67. The third-order valence-electron chi connectivity index (χ3n) is 2.60. The molecule has 0 radical (unpaired) electrons. The van der Waals surface area contributed by atoms with Gasteiger partial charge in [-0.25, -0.2) is 4.79 Å². The van der Waals surface area contributed by atoms with Crippen molar-refractivity contribution >= 4 is 17.9 Å². The van der Waals surface area contributed by atoms with E-state index >= 15 is 0 Å². The maximum atomic E-state index is 11.5. The van der Waals surface area contributed by atoms with Gasteiger partial charge in [-0.2, -0.15) is 0 Å². The molecule has 114 valence electrons. The molecule has 8 heteroatoms. The first-order chi connectivity index (χ1) is 10.5. The first kappa shape index (κ1) is 15.1. The van der Waals surface area contributed by atoms with Crippen molar-refractivity contribution in [1.29, 1.82) is 0 Å². The second kappa shape index (κ2) is 6.44. The van der Waals surface area contributed by atoms with E-state index in [1.807, 2.05) is 0 Å². The Morgan fingerprint density at radius 1 is 1.27 bits per heavy atom. The van der Waals surface area contributed by atoms with Crippen molar-refractivity contribution in [2.24, 2.45) is 0 Å². The Morgan fingerprint density at radius 3 is 2.68 bits per heavy atom. The third-order valence-corrected chi connectivity index (χ3v) is 2.60. The summed E-state index contributed by atoms with van der Waals surface area (Å²) in [5, 5.41) is 28.9. The average Bonchev–Trinajstić information content (AvgIpc) is 2.95. The molecular weight excluding hydrogens is 294 g/mol. The Labute approximate surface area is 124 Å². The summed E-state index contributed by atoms with van der Waals surface area (Å²) >= 11 is 0. The van der Waals surface area contributed by atoms with Gasteiger partial charge in [0.2, 0.25) is 0 Å². The molecule has 8 nitrogen and oxygen atoms in total. The number of carbonyl (C=O) groups is 1. The van der Waals surface area contributed by atoms with E-state index < -0.39 is 16.8 Å². The fourth-order valence-electron chi connectivity index (χ4n) is 1.54. The van der Waals surface area contributed by atoms with Crippen molar-refractivity contribution in [2.45, 2.75) is 6.61 Å². The molecule has 0 unspecified atom stereocenters. The van der Waals surface area contributed by atoms with Crippen LogP contribution in [0.15, 0.2) is 40.8 Å². The van der Waals surface area contributed by atoms with Crippen molar-refractivity contribution in [3.8, 4) is 11.5 Å². The molecule has 2 rings (SSSR count). The highest BCUT2D eigenvalue weighted by Gasteiger charge is 2.12. The predicted molar refractivity (Wildman–Crippen MR) is 74.0 cm³/mol. The molecule has 0 atom stereocenters. The summed E-state index contributed by atoms with van der Waals surface area (Å²) in [5.74, 6) is -1.54. The van der Waals surface area contributed by atoms with E-state index in [1.54, 1.807) is 0 Å². The molecule has 0 saturated carbocycles. The number of phenols is 2. The number of nitrogens with zero attached hydrogens (tertiary/aromatic N) is 1. The quantitative estimate of drug-likeness (QED) is 0.286. The fourth-order valence-corrected chi connectivity index (χ4v) is 1.54. The molecule has 0 spiro atoms. The number of hydrogen-bond donors (Lipinski definition) is 2. The van der Waals surface area contributed by atoms with Crippen LogP contribution in [0.5, 0.6) is 11.5 Å². The zero-order valence-corrected chi connectivity index (χ0v) is 11.1. The number of aromatic hydroxyl groups is 2. The van der Waals surface area contributed by atoms with Crippen molar-refractivity contribution in [3.05, 3.63) is 57.8 Å². The minimum Gasteiger partial charge on any atom is -0.504 e. The minimum atomic E-state index is -0.692. The van der Waals surface area contributed by atoms with Gasteiger partial charge >= 0.3 is 11.9 Å². The lowest BCUT2D eigenvalue weighted by Gasteiger charge is -1.99. The van der Waals surface area contributed by atoms with E-state index in [4.69, 9.17) is 14.3 Å². The number of carbonyl (C=O) groups excluding carboxylic acids is 1. The number of ether oxygens (including phenoxy) is 1. The average molecular weight is 305 g/mol. The molecule has 1 aromatic carbocycles. The molecule has 1 aromatic heterocycles. The summed E-state index contributed by atoms with van der Waals surface area (Å²) in [7, 11) is 0. The fraction of sp³-hybridized carbons (Fsp3) is 0.0714. The number of esters is 1. The molecule has 0 bridgehead atoms. The molecule has 0 aliphatic carbocycles. The summed E-state index contributed by atoms with van der Waals surface area (Å²) in [6.07, 6.45) is 2.50. The Hall–Kier alpha value is -3.29. The van der Waals surface area contributed by atoms with E-state index in [0.717, 1.165) is 12.1 Å². The van der Waals surface area contributed by atoms with Gasteiger partial charge in [-0.3, -0.25) is 10.1 Å². The van der Waals surface area contributed by atoms with Gasteiger partial charge in [-0.15, -0.1) is 0 Å². The summed E-state index contributed by atoms with van der Waals surface area (Å²) in [6.45, 7) is -0.238. The highest BCUT2D eigenvalue weighted by molar-refractivity contribution is 5.87. The van der Waals surface area contributed by atoms with Crippen LogP contribution in [0, 0.1) is 10.1 Å². The van der Waals surface area contributed by atoms with Crippen LogP contribution in [0.25, 0.3) is 6.08 Å². The van der Waals surface area contributed by atoms with E-state index in [2.05, 4.69) is 0 Å². The van der Waals surface area contributed by atoms with Gasteiger partial charge < -0.3 is 19.4 Å². The van der Waals surface area contributed by atoms with Crippen LogP contribution in [-0.2, 0) is 16.1 Å². The van der Waals surface area contributed by atoms with Gasteiger partial charge in [0.1, 0.15) is 17.3 Å². The van der Waals surface area contributed by atoms with Crippen LogP contribution >= 0.6 is 0 Å². The van der Waals surface area contributed by atoms with Gasteiger partial charge in [0.25, 0.3) is 0 Å². The highest BCUT2D eigenvalue weighted by Crippen LogP contribution is 2.25. The maximum absolute atomic E-state index is 11.5. The largest absolute Gasteiger partial charge is 0.504 e. The highest BCUT2D eigenvalue weighted by atomic mass is 16.6. The van der Waals surface area contributed by atoms with Gasteiger partial charge in [0.15, 0.2) is 11.5 Å². The van der Waals surface area contributed by atoms with Crippen molar-refractivity contribution < 1.29 is 29.1 Å². The van der Waals surface area contributed by atoms with Crippen LogP contribution in [0.3, 0.4) is 0 Å². The first-order valence-electron chi connectivity index (χ1n) is 6.05. The van der Waals surface area contributed by atoms with Gasteiger partial charge in [0, 0.05) is 6.08 Å². The monoisotopic (exact) mass is 305 g/mol. The van der Waals surface area contributed by atoms with Gasteiger partial charge in [-0.1, -0.05) is 6.07 Å². The molecule has 0 aliphatic heterocycles. The zero-order valence-electron chi connectivity index (χ0n) is 11.1. The molecule has 22 heavy (non-hydrogen) atoms. The van der Waals surface area contributed by atoms with Crippen LogP contribution in [-0.4, -0.2) is 21.1 Å². The molecule has 2 N–H and O–H groups in total. The standard InChI is InChI=1S/C14H11NO7/c16-11-4-1-9(7-12(11)17)2-6-14(18)21-8-10-3-5-13(22-10)15(19)20/h1-7,16-17H,8H2/b6-2+. The topological polar surface area (TPSA) is 123 Å². The van der Waals surface area contributed by atoms with E-state index in [1.165, 1.54) is 30.3 Å². The number of furan rings is 1. The molecule has 0 amide bonds. The second-order valence-electron chi connectivity index (χ2n) is 4.19. The lowest BCUT2D eigenvalue weighted by molar-refractivity contribution is -0.402. The molecular formula is C14H11NO7. The smallest absolute Gasteiger partial charge is 0.433 e. The SMILES string of the molecule is O=C(/C=C/c1ccc(O)c(O)c1)OCc1ccc([N+](=O)[O-])o1. The normalized spacial score (nSPS) is 10.7. The Balaban J connectivity index is 1.90. The molecule has 2 aromatic rings. The number of benzene rings is 1. The Kier molecular flexibility index (Phi) is 4.42. The van der Waals surface area contributed by atoms with Gasteiger partial charge in [-0.05, 0) is 29.8 Å². The minimum absolute atomic E-state index is 0.149. The summed E-state index contributed by atoms with van der Waals surface area (Å²) in [6, 6.07) is 6.55. The number of hydrogen-bond acceptors (Lipinski definition) is 7. The van der Waals surface area contributed by atoms with E-state index in [9.17, 15) is 20.0 Å². The van der Waals surface area contributed by atoms with Crippen molar-refractivity contribution in [3.63, 3.8) is 0 Å².